The third-order valence-electron chi connectivity index (χ3n) is 1.26. The number of hydrogen-bond acceptors (Lipinski definition) is 6. The molecule has 0 spiro atoms. The van der Waals surface area contributed by atoms with E-state index in [1.165, 1.54) is 4.13 Å². The maximum absolute atomic E-state index is 10.2. The Morgan fingerprint density at radius 1 is 0.800 bits per heavy atom. The Morgan fingerprint density at radius 2 is 1.07 bits per heavy atom. The molecule has 7 nitrogen and oxygen atoms in total. The average molecular weight is 259 g/mol. The quantitative estimate of drug-likeness (QED) is 0.514. The minimum atomic E-state index is -3.62. The van der Waals surface area contributed by atoms with Gasteiger partial charge in [-0.25, -0.2) is 16.8 Å². The molecule has 92 valence electrons. The lowest BCUT2D eigenvalue weighted by molar-refractivity contribution is 0.534. The van der Waals surface area contributed by atoms with Gasteiger partial charge in [-0.05, 0) is 0 Å². The van der Waals surface area contributed by atoms with Gasteiger partial charge in [0.15, 0.2) is 0 Å². The van der Waals surface area contributed by atoms with Crippen molar-refractivity contribution in [1.29, 1.82) is 0 Å². The fourth-order valence-corrected chi connectivity index (χ4v) is 3.08. The minimum absolute atomic E-state index is 0.772. The van der Waals surface area contributed by atoms with Crippen LogP contribution >= 0.6 is 0 Å². The smallest absolute Gasteiger partial charge is 0.221 e. The summed E-state index contributed by atoms with van der Waals surface area (Å²) in [6.07, 6.45) is 1.54. The van der Waals surface area contributed by atoms with E-state index in [0.717, 1.165) is 38.7 Å². The molecule has 0 aliphatic carbocycles. The molecule has 0 saturated carbocycles. The summed E-state index contributed by atoms with van der Waals surface area (Å²) < 4.78 is 42.0. The van der Waals surface area contributed by atoms with Gasteiger partial charge in [0.2, 0.25) is 20.0 Å². The highest BCUT2D eigenvalue weighted by Crippen LogP contribution is 1.78. The van der Waals surface area contributed by atoms with Crippen molar-refractivity contribution in [3.8, 4) is 0 Å². The molecule has 3 N–H and O–H groups in total. The van der Waals surface area contributed by atoms with Crippen molar-refractivity contribution in [3.63, 3.8) is 0 Å². The minimum Gasteiger partial charge on any atom is -0.314 e. The molecule has 1 aliphatic rings. The van der Waals surface area contributed by atoms with Crippen LogP contribution in [-0.2, 0) is 20.0 Å². The molecule has 0 atom stereocenters. The van der Waals surface area contributed by atoms with Crippen molar-refractivity contribution < 1.29 is 16.8 Å². The molecule has 0 radical (unpaired) electrons. The molecular weight excluding hydrogens is 242 g/mol. The molecule has 0 unspecified atom stereocenters. The molecule has 15 heavy (non-hydrogen) atoms. The fraction of sp³-hybridized carbons (Fsp3) is 1.00. The van der Waals surface area contributed by atoms with Crippen LogP contribution in [-0.4, -0.2) is 55.5 Å². The summed E-state index contributed by atoms with van der Waals surface area (Å²) in [4.78, 5) is 0. The SMILES string of the molecule is C1CNCCN1.CS(=O)(=O)NS(C)(=O)=O. The number of piperazine rings is 1. The van der Waals surface area contributed by atoms with Crippen LogP contribution in [0.1, 0.15) is 0 Å². The normalized spacial score (nSPS) is 17.7. The highest BCUT2D eigenvalue weighted by molar-refractivity contribution is 8.04. The largest absolute Gasteiger partial charge is 0.314 e. The van der Waals surface area contributed by atoms with Gasteiger partial charge in [-0.1, -0.05) is 0 Å². The number of sulfonamides is 2. The second-order valence-electron chi connectivity index (χ2n) is 3.13. The van der Waals surface area contributed by atoms with E-state index in [2.05, 4.69) is 10.6 Å². The molecule has 9 heteroatoms. The lowest BCUT2D eigenvalue weighted by Crippen LogP contribution is -2.39. The summed E-state index contributed by atoms with van der Waals surface area (Å²) in [5, 5.41) is 6.44. The molecule has 1 saturated heterocycles. The molecule has 0 aromatic carbocycles. The third kappa shape index (κ3) is 13.8. The van der Waals surface area contributed by atoms with Crippen LogP contribution in [0, 0.1) is 0 Å². The van der Waals surface area contributed by atoms with E-state index < -0.39 is 20.0 Å². The van der Waals surface area contributed by atoms with Crippen LogP contribution < -0.4 is 14.8 Å². The van der Waals surface area contributed by atoms with Gasteiger partial charge >= 0.3 is 0 Å². The highest BCUT2D eigenvalue weighted by atomic mass is 32.3. The Labute approximate surface area is 90.7 Å². The average Bonchev–Trinajstić information content (AvgIpc) is 2.01. The first-order valence-corrected chi connectivity index (χ1v) is 8.09. The van der Waals surface area contributed by atoms with Crippen molar-refractivity contribution >= 4 is 20.0 Å². The fourth-order valence-electron chi connectivity index (χ4n) is 0.879. The van der Waals surface area contributed by atoms with Gasteiger partial charge in [-0.2, -0.15) is 0 Å². The lowest BCUT2D eigenvalue weighted by Gasteiger charge is -2.11. The van der Waals surface area contributed by atoms with E-state index in [9.17, 15) is 16.8 Å². The standard InChI is InChI=1S/C4H10N2.C2H7NO4S2/c1-2-6-4-3-5-1;1-8(4,5)3-9(2,6)7/h5-6H,1-4H2;3H,1-2H3. The topological polar surface area (TPSA) is 104 Å². The number of rotatable bonds is 2. The molecule has 0 aromatic rings. The molecule has 0 aromatic heterocycles. The van der Waals surface area contributed by atoms with E-state index in [-0.39, 0.29) is 0 Å². The van der Waals surface area contributed by atoms with E-state index >= 15 is 0 Å². The first-order chi connectivity index (χ1) is 6.71. The van der Waals surface area contributed by atoms with Crippen LogP contribution in [0.5, 0.6) is 0 Å². The van der Waals surface area contributed by atoms with E-state index in [1.807, 2.05) is 0 Å². The summed E-state index contributed by atoms with van der Waals surface area (Å²) >= 11 is 0. The summed E-state index contributed by atoms with van der Waals surface area (Å²) in [6, 6.07) is 0. The van der Waals surface area contributed by atoms with Gasteiger partial charge < -0.3 is 10.6 Å². The van der Waals surface area contributed by atoms with E-state index in [4.69, 9.17) is 0 Å². The Bertz CT molecular complexity index is 316. The summed E-state index contributed by atoms with van der Waals surface area (Å²) in [5.74, 6) is 0. The first kappa shape index (κ1) is 14.8. The molecular formula is C6H17N3O4S2. The molecule has 1 aliphatic heterocycles. The van der Waals surface area contributed by atoms with E-state index in [0.29, 0.717) is 0 Å². The highest BCUT2D eigenvalue weighted by Gasteiger charge is 2.08. The zero-order chi connectivity index (χ0) is 11.9. The van der Waals surface area contributed by atoms with Gasteiger partial charge in [-0.15, -0.1) is 4.13 Å². The first-order valence-electron chi connectivity index (χ1n) is 4.31. The van der Waals surface area contributed by atoms with E-state index in [1.54, 1.807) is 0 Å². The van der Waals surface area contributed by atoms with Gasteiger partial charge in [-0.3, -0.25) is 0 Å². The van der Waals surface area contributed by atoms with Crippen molar-refractivity contribution in [2.45, 2.75) is 0 Å². The molecule has 0 bridgehead atoms. The number of hydrogen-bond donors (Lipinski definition) is 3. The molecule has 1 fully saturated rings. The Balaban J connectivity index is 0.000000280. The van der Waals surface area contributed by atoms with Crippen LogP contribution in [0.15, 0.2) is 0 Å². The van der Waals surface area contributed by atoms with Gasteiger partial charge in [0.05, 0.1) is 12.5 Å². The van der Waals surface area contributed by atoms with Gasteiger partial charge in [0.1, 0.15) is 0 Å². The van der Waals surface area contributed by atoms with Crippen molar-refractivity contribution in [1.82, 2.24) is 14.8 Å². The number of nitrogens with one attached hydrogen (secondary N) is 3. The predicted molar refractivity (Wildman–Crippen MR) is 58.6 cm³/mol. The van der Waals surface area contributed by atoms with Crippen LogP contribution in [0.3, 0.4) is 0 Å². The van der Waals surface area contributed by atoms with Crippen LogP contribution in [0.4, 0.5) is 0 Å². The summed E-state index contributed by atoms with van der Waals surface area (Å²) in [7, 11) is -7.24. The Kier molecular flexibility index (Phi) is 6.29. The second-order valence-corrected chi connectivity index (χ2v) is 6.88. The predicted octanol–water partition coefficient (Wildman–Crippen LogP) is -2.33. The maximum Gasteiger partial charge on any atom is 0.221 e. The maximum atomic E-state index is 10.2. The van der Waals surface area contributed by atoms with Gasteiger partial charge in [0, 0.05) is 26.2 Å². The Morgan fingerprint density at radius 3 is 1.13 bits per heavy atom. The van der Waals surface area contributed by atoms with Crippen molar-refractivity contribution in [2.24, 2.45) is 0 Å². The zero-order valence-corrected chi connectivity index (χ0v) is 10.4. The summed E-state index contributed by atoms with van der Waals surface area (Å²) in [6.45, 7) is 4.56. The molecule has 0 amide bonds. The lowest BCUT2D eigenvalue weighted by atomic mass is 10.4. The van der Waals surface area contributed by atoms with Crippen LogP contribution in [0.2, 0.25) is 0 Å². The molecule has 1 heterocycles. The van der Waals surface area contributed by atoms with Crippen molar-refractivity contribution in [2.75, 3.05) is 38.7 Å². The van der Waals surface area contributed by atoms with Crippen LogP contribution in [0.25, 0.3) is 0 Å². The Hall–Kier alpha value is -0.220. The summed E-state index contributed by atoms with van der Waals surface area (Å²) in [5.41, 5.74) is 0. The van der Waals surface area contributed by atoms with Gasteiger partial charge in [0.25, 0.3) is 0 Å². The second kappa shape index (κ2) is 6.38. The zero-order valence-electron chi connectivity index (χ0n) is 8.78. The third-order valence-corrected chi connectivity index (χ3v) is 3.68. The van der Waals surface area contributed by atoms with Crippen molar-refractivity contribution in [3.05, 3.63) is 0 Å². The molecule has 1 rings (SSSR count). The monoisotopic (exact) mass is 259 g/mol.